The molecule has 82 valence electrons. The molecule has 0 unspecified atom stereocenters. The average Bonchev–Trinajstić information content (AvgIpc) is 2.18. The summed E-state index contributed by atoms with van der Waals surface area (Å²) in [6.07, 6.45) is 10.6. The third kappa shape index (κ3) is 2.82. The Labute approximate surface area is 92.0 Å². The number of nitrogens with zero attached hydrogens (tertiary/aromatic N) is 1. The first-order chi connectivity index (χ1) is 7.20. The molecule has 0 aromatic heterocycles. The van der Waals surface area contributed by atoms with Crippen molar-refractivity contribution in [3.8, 4) is 0 Å². The first-order valence-corrected chi connectivity index (χ1v) is 5.38. The van der Waals surface area contributed by atoms with Gasteiger partial charge in [-0.3, -0.25) is 4.79 Å². The minimum absolute atomic E-state index is 0.137. The molecule has 1 heterocycles. The third-order valence-corrected chi connectivity index (χ3v) is 2.73. The molecule has 2 atom stereocenters. The van der Waals surface area contributed by atoms with Crippen molar-refractivity contribution in [3.63, 3.8) is 0 Å². The van der Waals surface area contributed by atoms with E-state index in [0.717, 1.165) is 19.3 Å². The largest absolute Gasteiger partial charge is 0.333 e. The van der Waals surface area contributed by atoms with Crippen LogP contribution < -0.4 is 0 Å². The fourth-order valence-corrected chi connectivity index (χ4v) is 2.13. The van der Waals surface area contributed by atoms with Crippen LogP contribution in [0.2, 0.25) is 0 Å². The van der Waals surface area contributed by atoms with E-state index in [9.17, 15) is 4.79 Å². The van der Waals surface area contributed by atoms with Gasteiger partial charge in [-0.2, -0.15) is 0 Å². The molecule has 0 aromatic rings. The molecule has 0 bridgehead atoms. The van der Waals surface area contributed by atoms with Crippen molar-refractivity contribution < 1.29 is 4.79 Å². The van der Waals surface area contributed by atoms with Gasteiger partial charge in [0.15, 0.2) is 0 Å². The van der Waals surface area contributed by atoms with Crippen molar-refractivity contribution in [2.24, 2.45) is 0 Å². The maximum absolute atomic E-state index is 11.6. The van der Waals surface area contributed by atoms with Crippen LogP contribution in [0.3, 0.4) is 0 Å². The highest BCUT2D eigenvalue weighted by Crippen LogP contribution is 2.22. The quantitative estimate of drug-likeness (QED) is 0.646. The summed E-state index contributed by atoms with van der Waals surface area (Å²) in [7, 11) is 0. The van der Waals surface area contributed by atoms with Gasteiger partial charge < -0.3 is 4.90 Å². The first kappa shape index (κ1) is 11.8. The van der Waals surface area contributed by atoms with Crippen LogP contribution in [-0.2, 0) is 4.79 Å². The van der Waals surface area contributed by atoms with Crippen LogP contribution in [0.25, 0.3) is 0 Å². The third-order valence-electron chi connectivity index (χ3n) is 2.73. The normalized spacial score (nSPS) is 25.0. The molecule has 0 aromatic carbocycles. The molecule has 2 nitrogen and oxygen atoms in total. The van der Waals surface area contributed by atoms with E-state index in [1.54, 1.807) is 6.92 Å². The summed E-state index contributed by atoms with van der Waals surface area (Å²) in [5.74, 6) is 0.137. The Morgan fingerprint density at radius 1 is 1.47 bits per heavy atom. The molecule has 0 saturated carbocycles. The van der Waals surface area contributed by atoms with E-state index in [4.69, 9.17) is 0 Å². The first-order valence-electron chi connectivity index (χ1n) is 5.38. The minimum Gasteiger partial charge on any atom is -0.333 e. The van der Waals surface area contributed by atoms with E-state index >= 15 is 0 Å². The van der Waals surface area contributed by atoms with Crippen LogP contribution in [-0.4, -0.2) is 22.9 Å². The van der Waals surface area contributed by atoms with Crippen LogP contribution in [0.1, 0.15) is 26.2 Å². The Kier molecular flexibility index (Phi) is 4.35. The molecule has 0 radical (unpaired) electrons. The van der Waals surface area contributed by atoms with Gasteiger partial charge in [-0.1, -0.05) is 24.3 Å². The smallest absolute Gasteiger partial charge is 0.220 e. The highest BCUT2D eigenvalue weighted by molar-refractivity contribution is 5.74. The fourth-order valence-electron chi connectivity index (χ4n) is 2.13. The molecule has 1 amide bonds. The van der Waals surface area contributed by atoms with E-state index in [1.807, 2.05) is 17.1 Å². The van der Waals surface area contributed by atoms with Gasteiger partial charge in [-0.25, -0.2) is 0 Å². The minimum atomic E-state index is 0.137. The van der Waals surface area contributed by atoms with E-state index in [-0.39, 0.29) is 18.0 Å². The van der Waals surface area contributed by atoms with Crippen LogP contribution >= 0.6 is 0 Å². The summed E-state index contributed by atoms with van der Waals surface area (Å²) in [4.78, 5) is 13.5. The van der Waals surface area contributed by atoms with Gasteiger partial charge in [-0.05, 0) is 19.3 Å². The highest BCUT2D eigenvalue weighted by Gasteiger charge is 2.27. The van der Waals surface area contributed by atoms with Crippen LogP contribution in [0.15, 0.2) is 37.5 Å². The molecule has 0 saturated heterocycles. The SMILES string of the molecule is C=CC[C@H]1CC=C[C@@H](CC=C)N1C(C)=O. The standard InChI is InChI=1S/C13H19NO/c1-4-7-12-9-6-10-13(8-5-2)14(12)11(3)15/h4-6,9,12-13H,1-2,7-8,10H2,3H3/t12-,13+/m1/s1. The lowest BCUT2D eigenvalue weighted by molar-refractivity contribution is -0.133. The number of amides is 1. The summed E-state index contributed by atoms with van der Waals surface area (Å²) in [5.41, 5.74) is 0. The molecule has 0 N–H and O–H groups in total. The number of carbonyl (C=O) groups excluding carboxylic acids is 1. The van der Waals surface area contributed by atoms with Crippen molar-refractivity contribution in [1.82, 2.24) is 4.90 Å². The molecule has 0 fully saturated rings. The lowest BCUT2D eigenvalue weighted by Gasteiger charge is -2.38. The summed E-state index contributed by atoms with van der Waals surface area (Å²) < 4.78 is 0. The number of rotatable bonds is 4. The maximum atomic E-state index is 11.6. The Hall–Kier alpha value is -1.31. The zero-order chi connectivity index (χ0) is 11.3. The van der Waals surface area contributed by atoms with Gasteiger partial charge in [0.1, 0.15) is 0 Å². The molecular formula is C13H19NO. The van der Waals surface area contributed by atoms with Crippen LogP contribution in [0.5, 0.6) is 0 Å². The summed E-state index contributed by atoms with van der Waals surface area (Å²) >= 11 is 0. The zero-order valence-corrected chi connectivity index (χ0v) is 9.36. The van der Waals surface area contributed by atoms with Gasteiger partial charge in [0.2, 0.25) is 5.91 Å². The van der Waals surface area contributed by atoms with E-state index in [2.05, 4.69) is 25.3 Å². The van der Waals surface area contributed by atoms with Crippen molar-refractivity contribution in [2.45, 2.75) is 38.3 Å². The molecule has 2 heteroatoms. The summed E-state index contributed by atoms with van der Waals surface area (Å²) in [6, 6.07) is 0.452. The van der Waals surface area contributed by atoms with Gasteiger partial charge in [0, 0.05) is 13.0 Å². The second kappa shape index (κ2) is 5.54. The van der Waals surface area contributed by atoms with Crippen molar-refractivity contribution >= 4 is 5.91 Å². The maximum Gasteiger partial charge on any atom is 0.220 e. The Morgan fingerprint density at radius 2 is 2.13 bits per heavy atom. The predicted molar refractivity (Wildman–Crippen MR) is 63.5 cm³/mol. The predicted octanol–water partition coefficient (Wildman–Crippen LogP) is 2.68. The van der Waals surface area contributed by atoms with Gasteiger partial charge in [-0.15, -0.1) is 13.2 Å². The molecule has 0 aliphatic carbocycles. The van der Waals surface area contributed by atoms with Gasteiger partial charge >= 0.3 is 0 Å². The van der Waals surface area contributed by atoms with Crippen molar-refractivity contribution in [2.75, 3.05) is 0 Å². The topological polar surface area (TPSA) is 20.3 Å². The van der Waals surface area contributed by atoms with Crippen LogP contribution in [0.4, 0.5) is 0 Å². The Balaban J connectivity index is 2.82. The molecule has 1 aliphatic rings. The van der Waals surface area contributed by atoms with E-state index < -0.39 is 0 Å². The monoisotopic (exact) mass is 205 g/mol. The average molecular weight is 205 g/mol. The van der Waals surface area contributed by atoms with E-state index in [0.29, 0.717) is 0 Å². The molecule has 1 rings (SSSR count). The zero-order valence-electron chi connectivity index (χ0n) is 9.36. The summed E-state index contributed by atoms with van der Waals surface area (Å²) in [6.45, 7) is 9.10. The number of hydrogen-bond donors (Lipinski definition) is 0. The van der Waals surface area contributed by atoms with Gasteiger partial charge in [0.05, 0.1) is 6.04 Å². The second-order valence-corrected chi connectivity index (χ2v) is 3.86. The van der Waals surface area contributed by atoms with Crippen molar-refractivity contribution in [1.29, 1.82) is 0 Å². The Bertz CT molecular complexity index is 280. The van der Waals surface area contributed by atoms with E-state index in [1.165, 1.54) is 0 Å². The van der Waals surface area contributed by atoms with Crippen molar-refractivity contribution in [3.05, 3.63) is 37.5 Å². The second-order valence-electron chi connectivity index (χ2n) is 3.86. The lowest BCUT2D eigenvalue weighted by Crippen LogP contribution is -2.46. The molecular weight excluding hydrogens is 186 g/mol. The lowest BCUT2D eigenvalue weighted by atomic mass is 9.98. The molecule has 15 heavy (non-hydrogen) atoms. The fraction of sp³-hybridized carbons (Fsp3) is 0.462. The number of hydrogen-bond acceptors (Lipinski definition) is 1. The summed E-state index contributed by atoms with van der Waals surface area (Å²) in [5, 5.41) is 0. The Morgan fingerprint density at radius 3 is 2.67 bits per heavy atom. The van der Waals surface area contributed by atoms with Crippen LogP contribution in [0, 0.1) is 0 Å². The molecule has 1 aliphatic heterocycles. The highest BCUT2D eigenvalue weighted by atomic mass is 16.2. The molecule has 0 spiro atoms. The number of carbonyl (C=O) groups is 1. The van der Waals surface area contributed by atoms with Gasteiger partial charge in [0.25, 0.3) is 0 Å².